The van der Waals surface area contributed by atoms with Crippen molar-refractivity contribution < 1.29 is 4.92 Å². The molecule has 0 unspecified atom stereocenters. The topological polar surface area (TPSA) is 95.8 Å². The van der Waals surface area contributed by atoms with Crippen LogP contribution in [0.4, 0.5) is 5.69 Å². The lowest BCUT2D eigenvalue weighted by Crippen LogP contribution is -2.16. The van der Waals surface area contributed by atoms with E-state index in [0.29, 0.717) is 11.3 Å². The van der Waals surface area contributed by atoms with Crippen molar-refractivity contribution in [2.75, 3.05) is 0 Å². The summed E-state index contributed by atoms with van der Waals surface area (Å²) in [5.41, 5.74) is 1.49. The average Bonchev–Trinajstić information content (AvgIpc) is 2.96. The van der Waals surface area contributed by atoms with Crippen molar-refractivity contribution in [3.05, 3.63) is 80.5 Å². The highest BCUT2D eigenvalue weighted by Crippen LogP contribution is 2.15. The molecule has 8 heteroatoms. The van der Waals surface area contributed by atoms with Gasteiger partial charge in [-0.15, -0.1) is 0 Å². The Morgan fingerprint density at radius 2 is 2.13 bits per heavy atom. The number of non-ortho nitro benzene ring substituents is 1. The van der Waals surface area contributed by atoms with E-state index < -0.39 is 4.92 Å². The number of hydrogen-bond acceptors (Lipinski definition) is 5. The lowest BCUT2D eigenvalue weighted by Gasteiger charge is -2.05. The van der Waals surface area contributed by atoms with E-state index in [9.17, 15) is 14.9 Å². The maximum absolute atomic E-state index is 12.0. The Morgan fingerprint density at radius 3 is 2.83 bits per heavy atom. The van der Waals surface area contributed by atoms with Crippen LogP contribution in [-0.4, -0.2) is 24.5 Å². The normalized spacial score (nSPS) is 10.7. The van der Waals surface area contributed by atoms with Gasteiger partial charge < -0.3 is 0 Å². The number of nitro groups is 1. The molecule has 2 aromatic heterocycles. The molecule has 1 aromatic carbocycles. The van der Waals surface area contributed by atoms with E-state index in [0.717, 1.165) is 5.69 Å². The van der Waals surface area contributed by atoms with Gasteiger partial charge in [0.2, 0.25) is 5.43 Å². The number of aryl methyl sites for hydroxylation is 1. The molecule has 0 saturated carbocycles. The SMILES string of the molecule is Cn1cc(-n2ccc(=O)c(Cc3cccc([N+](=O)[O-])c3)n2)cn1. The van der Waals surface area contributed by atoms with Gasteiger partial charge in [0.05, 0.1) is 17.3 Å². The van der Waals surface area contributed by atoms with Crippen LogP contribution in [0.2, 0.25) is 0 Å². The molecular weight excluding hydrogens is 298 g/mol. The number of hydrogen-bond donors (Lipinski definition) is 0. The zero-order valence-electron chi connectivity index (χ0n) is 12.3. The number of nitro benzene ring substituents is 1. The van der Waals surface area contributed by atoms with Crippen molar-refractivity contribution in [3.8, 4) is 5.69 Å². The first kappa shape index (κ1) is 14.6. The second kappa shape index (κ2) is 5.84. The predicted molar refractivity (Wildman–Crippen MR) is 82.5 cm³/mol. The van der Waals surface area contributed by atoms with Gasteiger partial charge in [0, 0.05) is 37.9 Å². The Bertz CT molecular complexity index is 929. The van der Waals surface area contributed by atoms with Gasteiger partial charge >= 0.3 is 0 Å². The molecule has 0 aliphatic rings. The molecule has 23 heavy (non-hydrogen) atoms. The molecule has 0 atom stereocenters. The van der Waals surface area contributed by atoms with Crippen molar-refractivity contribution in [1.82, 2.24) is 19.6 Å². The minimum absolute atomic E-state index is 0.00832. The molecule has 0 fully saturated rings. The highest BCUT2D eigenvalue weighted by atomic mass is 16.6. The van der Waals surface area contributed by atoms with Crippen molar-refractivity contribution in [2.24, 2.45) is 7.05 Å². The van der Waals surface area contributed by atoms with E-state index >= 15 is 0 Å². The first-order valence-electron chi connectivity index (χ1n) is 6.84. The van der Waals surface area contributed by atoms with E-state index in [4.69, 9.17) is 0 Å². The second-order valence-corrected chi connectivity index (χ2v) is 5.05. The third-order valence-corrected chi connectivity index (χ3v) is 3.33. The van der Waals surface area contributed by atoms with Crippen LogP contribution in [0, 0.1) is 10.1 Å². The summed E-state index contributed by atoms with van der Waals surface area (Å²) >= 11 is 0. The van der Waals surface area contributed by atoms with Crippen LogP contribution < -0.4 is 5.43 Å². The monoisotopic (exact) mass is 311 g/mol. The fourth-order valence-electron chi connectivity index (χ4n) is 2.21. The highest BCUT2D eigenvalue weighted by Gasteiger charge is 2.10. The minimum Gasteiger partial charge on any atom is -0.288 e. The molecule has 0 aliphatic heterocycles. The van der Waals surface area contributed by atoms with Gasteiger partial charge in [-0.05, 0) is 5.56 Å². The standard InChI is InChI=1S/C15H13N5O3/c1-18-10-13(9-16-18)19-6-5-15(21)14(17-19)8-11-3-2-4-12(7-11)20(22)23/h2-7,9-10H,8H2,1H3. The molecule has 0 spiro atoms. The molecular formula is C15H13N5O3. The lowest BCUT2D eigenvalue weighted by atomic mass is 10.1. The molecule has 0 radical (unpaired) electrons. The minimum atomic E-state index is -0.462. The van der Waals surface area contributed by atoms with Crippen LogP contribution in [0.5, 0.6) is 0 Å². The summed E-state index contributed by atoms with van der Waals surface area (Å²) in [4.78, 5) is 22.4. The highest BCUT2D eigenvalue weighted by molar-refractivity contribution is 5.36. The van der Waals surface area contributed by atoms with Crippen LogP contribution >= 0.6 is 0 Å². The van der Waals surface area contributed by atoms with Crippen molar-refractivity contribution in [3.63, 3.8) is 0 Å². The van der Waals surface area contributed by atoms with E-state index in [1.165, 1.54) is 18.2 Å². The van der Waals surface area contributed by atoms with E-state index in [-0.39, 0.29) is 17.5 Å². The lowest BCUT2D eigenvalue weighted by molar-refractivity contribution is -0.384. The summed E-state index contributed by atoms with van der Waals surface area (Å²) in [6.07, 6.45) is 5.20. The third kappa shape index (κ3) is 3.15. The van der Waals surface area contributed by atoms with Crippen LogP contribution in [-0.2, 0) is 13.5 Å². The van der Waals surface area contributed by atoms with E-state index in [2.05, 4.69) is 10.2 Å². The fourth-order valence-corrected chi connectivity index (χ4v) is 2.21. The number of benzene rings is 1. The van der Waals surface area contributed by atoms with Crippen LogP contribution in [0.1, 0.15) is 11.3 Å². The summed E-state index contributed by atoms with van der Waals surface area (Å²) < 4.78 is 3.19. The first-order valence-corrected chi connectivity index (χ1v) is 6.84. The van der Waals surface area contributed by atoms with Crippen molar-refractivity contribution >= 4 is 5.69 Å². The van der Waals surface area contributed by atoms with Gasteiger partial charge in [0.25, 0.3) is 5.69 Å². The van der Waals surface area contributed by atoms with E-state index in [1.54, 1.807) is 47.1 Å². The van der Waals surface area contributed by atoms with Crippen molar-refractivity contribution in [1.29, 1.82) is 0 Å². The Balaban J connectivity index is 1.95. The smallest absolute Gasteiger partial charge is 0.269 e. The maximum atomic E-state index is 12.0. The number of aromatic nitrogens is 4. The van der Waals surface area contributed by atoms with Gasteiger partial charge in [-0.1, -0.05) is 12.1 Å². The fraction of sp³-hybridized carbons (Fsp3) is 0.133. The zero-order valence-corrected chi connectivity index (χ0v) is 12.3. The zero-order chi connectivity index (χ0) is 16.4. The summed E-state index contributed by atoms with van der Waals surface area (Å²) in [7, 11) is 1.79. The molecule has 3 rings (SSSR count). The molecule has 0 saturated heterocycles. The van der Waals surface area contributed by atoms with Gasteiger partial charge in [0.1, 0.15) is 11.4 Å². The van der Waals surface area contributed by atoms with Crippen LogP contribution in [0.15, 0.2) is 53.7 Å². The first-order chi connectivity index (χ1) is 11.0. The quantitative estimate of drug-likeness (QED) is 0.537. The Kier molecular flexibility index (Phi) is 3.71. The van der Waals surface area contributed by atoms with Gasteiger partial charge in [-0.2, -0.15) is 10.2 Å². The Hall–Kier alpha value is -3.29. The van der Waals surface area contributed by atoms with E-state index in [1.807, 2.05) is 0 Å². The molecule has 3 aromatic rings. The van der Waals surface area contributed by atoms with Gasteiger partial charge in [0.15, 0.2) is 0 Å². The molecule has 0 N–H and O–H groups in total. The third-order valence-electron chi connectivity index (χ3n) is 3.33. The van der Waals surface area contributed by atoms with Gasteiger partial charge in [-0.3, -0.25) is 19.6 Å². The van der Waals surface area contributed by atoms with Crippen molar-refractivity contribution in [2.45, 2.75) is 6.42 Å². The average molecular weight is 311 g/mol. The van der Waals surface area contributed by atoms with Crippen LogP contribution in [0.3, 0.4) is 0 Å². The largest absolute Gasteiger partial charge is 0.288 e. The maximum Gasteiger partial charge on any atom is 0.269 e. The molecule has 0 aliphatic carbocycles. The molecule has 0 bridgehead atoms. The molecule has 116 valence electrons. The Morgan fingerprint density at radius 1 is 1.30 bits per heavy atom. The summed E-state index contributed by atoms with van der Waals surface area (Å²) in [5.74, 6) is 0. The second-order valence-electron chi connectivity index (χ2n) is 5.05. The van der Waals surface area contributed by atoms with Crippen LogP contribution in [0.25, 0.3) is 5.69 Å². The van der Waals surface area contributed by atoms with Gasteiger partial charge in [-0.25, -0.2) is 4.68 Å². The molecule has 8 nitrogen and oxygen atoms in total. The predicted octanol–water partition coefficient (Wildman–Crippen LogP) is 1.46. The number of rotatable bonds is 4. The summed E-state index contributed by atoms with van der Waals surface area (Å²) in [6.45, 7) is 0. The summed E-state index contributed by atoms with van der Waals surface area (Å²) in [6, 6.07) is 7.61. The molecule has 2 heterocycles. The number of nitrogens with zero attached hydrogens (tertiary/aromatic N) is 5. The Labute approximate surface area is 130 Å². The summed E-state index contributed by atoms with van der Waals surface area (Å²) in [5, 5.41) is 19.2. The molecule has 0 amide bonds.